The van der Waals surface area contributed by atoms with Crippen molar-refractivity contribution < 1.29 is 27.4 Å². The lowest BCUT2D eigenvalue weighted by Gasteiger charge is -2.14. The van der Waals surface area contributed by atoms with Crippen LogP contribution in [0.2, 0.25) is 0 Å². The fraction of sp³-hybridized carbons (Fsp3) is 0.316. The second-order valence-electron chi connectivity index (χ2n) is 6.16. The van der Waals surface area contributed by atoms with E-state index >= 15 is 0 Å². The standard InChI is InChI=1S/C19H19F3N2O3/c20-19(21,22)11-13-3-1-2-4-17(13)24-18(25)23-14-5-7-15(8-6-14)27-16-9-10-26-12-16/h1-8,16H,9-12H2,(H2,23,24,25). The van der Waals surface area contributed by atoms with Crippen molar-refractivity contribution in [2.24, 2.45) is 0 Å². The first kappa shape index (κ1) is 19.0. The Morgan fingerprint density at radius 3 is 2.52 bits per heavy atom. The van der Waals surface area contributed by atoms with Crippen LogP contribution in [-0.2, 0) is 11.2 Å². The molecule has 0 saturated carbocycles. The predicted octanol–water partition coefficient (Wildman–Crippen LogP) is 4.60. The molecule has 0 aliphatic carbocycles. The Bertz CT molecular complexity index is 773. The van der Waals surface area contributed by atoms with Gasteiger partial charge in [0.2, 0.25) is 0 Å². The van der Waals surface area contributed by atoms with Crippen LogP contribution in [0, 0.1) is 0 Å². The lowest BCUT2D eigenvalue weighted by molar-refractivity contribution is -0.127. The minimum Gasteiger partial charge on any atom is -0.488 e. The molecule has 0 aromatic heterocycles. The van der Waals surface area contributed by atoms with Crippen LogP contribution < -0.4 is 15.4 Å². The van der Waals surface area contributed by atoms with Gasteiger partial charge in [0, 0.05) is 17.8 Å². The van der Waals surface area contributed by atoms with E-state index in [9.17, 15) is 18.0 Å². The van der Waals surface area contributed by atoms with Gasteiger partial charge in [0.15, 0.2) is 0 Å². The number of benzene rings is 2. The van der Waals surface area contributed by atoms with Gasteiger partial charge in [-0.15, -0.1) is 0 Å². The molecule has 1 heterocycles. The van der Waals surface area contributed by atoms with Gasteiger partial charge in [-0.25, -0.2) is 4.79 Å². The van der Waals surface area contributed by atoms with Crippen LogP contribution in [-0.4, -0.2) is 31.5 Å². The highest BCUT2D eigenvalue weighted by Gasteiger charge is 2.29. The molecule has 2 amide bonds. The van der Waals surface area contributed by atoms with E-state index in [1.165, 1.54) is 18.2 Å². The summed E-state index contributed by atoms with van der Waals surface area (Å²) in [6.07, 6.45) is -4.61. The van der Waals surface area contributed by atoms with Gasteiger partial charge in [0.25, 0.3) is 0 Å². The first-order chi connectivity index (χ1) is 12.9. The van der Waals surface area contributed by atoms with Crippen molar-refractivity contribution in [3.63, 3.8) is 0 Å². The van der Waals surface area contributed by atoms with Crippen molar-refractivity contribution in [2.75, 3.05) is 23.8 Å². The normalized spacial score (nSPS) is 16.8. The maximum absolute atomic E-state index is 12.6. The Balaban J connectivity index is 1.58. The molecular weight excluding hydrogens is 361 g/mol. The summed E-state index contributed by atoms with van der Waals surface area (Å²) in [4.78, 5) is 12.1. The molecule has 1 atom stereocenters. The zero-order valence-corrected chi connectivity index (χ0v) is 14.4. The van der Waals surface area contributed by atoms with E-state index in [2.05, 4.69) is 10.6 Å². The highest BCUT2D eigenvalue weighted by Crippen LogP contribution is 2.26. The van der Waals surface area contributed by atoms with Crippen LogP contribution in [0.25, 0.3) is 0 Å². The quantitative estimate of drug-likeness (QED) is 0.797. The number of amides is 2. The smallest absolute Gasteiger partial charge is 0.393 e. The van der Waals surface area contributed by atoms with Crippen LogP contribution in [0.5, 0.6) is 5.75 Å². The summed E-state index contributed by atoms with van der Waals surface area (Å²) in [6, 6.07) is 12.0. The lowest BCUT2D eigenvalue weighted by Crippen LogP contribution is -2.21. The minimum absolute atomic E-state index is 0.00248. The number of para-hydroxylation sites is 1. The summed E-state index contributed by atoms with van der Waals surface area (Å²) >= 11 is 0. The summed E-state index contributed by atoms with van der Waals surface area (Å²) in [7, 11) is 0. The molecule has 1 aliphatic rings. The fourth-order valence-corrected chi connectivity index (χ4v) is 2.71. The van der Waals surface area contributed by atoms with Gasteiger partial charge in [-0.1, -0.05) is 18.2 Å². The molecule has 2 N–H and O–H groups in total. The lowest BCUT2D eigenvalue weighted by atomic mass is 10.1. The Morgan fingerprint density at radius 2 is 1.85 bits per heavy atom. The Hall–Kier alpha value is -2.74. The molecule has 2 aromatic carbocycles. The number of alkyl halides is 3. The molecule has 8 heteroatoms. The molecule has 0 radical (unpaired) electrons. The van der Waals surface area contributed by atoms with Crippen molar-refractivity contribution in [3.05, 3.63) is 54.1 Å². The van der Waals surface area contributed by atoms with Gasteiger partial charge in [-0.3, -0.25) is 0 Å². The summed E-state index contributed by atoms with van der Waals surface area (Å²) in [6.45, 7) is 1.24. The summed E-state index contributed by atoms with van der Waals surface area (Å²) in [5, 5.41) is 5.05. The molecule has 1 fully saturated rings. The van der Waals surface area contributed by atoms with Crippen LogP contribution in [0.1, 0.15) is 12.0 Å². The average molecular weight is 380 g/mol. The van der Waals surface area contributed by atoms with Gasteiger partial charge >= 0.3 is 12.2 Å². The molecule has 1 aliphatic heterocycles. The van der Waals surface area contributed by atoms with E-state index in [0.717, 1.165) is 6.42 Å². The predicted molar refractivity (Wildman–Crippen MR) is 95.1 cm³/mol. The van der Waals surface area contributed by atoms with Gasteiger partial charge in [0.05, 0.1) is 19.6 Å². The molecule has 1 saturated heterocycles. The number of carbonyl (C=O) groups is 1. The highest BCUT2D eigenvalue weighted by atomic mass is 19.4. The molecule has 3 rings (SSSR count). The Labute approximate surface area is 154 Å². The number of urea groups is 1. The third-order valence-electron chi connectivity index (χ3n) is 3.96. The summed E-state index contributed by atoms with van der Waals surface area (Å²) < 4.78 is 48.9. The fourth-order valence-electron chi connectivity index (χ4n) is 2.71. The molecular formula is C19H19F3N2O3. The van der Waals surface area contributed by atoms with E-state index in [0.29, 0.717) is 24.7 Å². The van der Waals surface area contributed by atoms with E-state index in [-0.39, 0.29) is 17.4 Å². The number of ether oxygens (including phenoxy) is 2. The molecule has 2 aromatic rings. The van der Waals surface area contributed by atoms with Gasteiger partial charge in [-0.2, -0.15) is 13.2 Å². The van der Waals surface area contributed by atoms with E-state index in [1.807, 2.05) is 0 Å². The molecule has 27 heavy (non-hydrogen) atoms. The topological polar surface area (TPSA) is 59.6 Å². The van der Waals surface area contributed by atoms with Crippen molar-refractivity contribution >= 4 is 17.4 Å². The second kappa shape index (κ2) is 8.30. The van der Waals surface area contributed by atoms with Crippen LogP contribution in [0.4, 0.5) is 29.3 Å². The van der Waals surface area contributed by atoms with Crippen LogP contribution >= 0.6 is 0 Å². The van der Waals surface area contributed by atoms with Crippen molar-refractivity contribution in [1.82, 2.24) is 0 Å². The van der Waals surface area contributed by atoms with Gasteiger partial charge in [-0.05, 0) is 35.9 Å². The number of carbonyl (C=O) groups excluding carboxylic acids is 1. The Morgan fingerprint density at radius 1 is 1.11 bits per heavy atom. The number of hydrogen-bond donors (Lipinski definition) is 2. The highest BCUT2D eigenvalue weighted by molar-refractivity contribution is 6.00. The number of hydrogen-bond acceptors (Lipinski definition) is 3. The monoisotopic (exact) mass is 380 g/mol. The third kappa shape index (κ3) is 5.89. The first-order valence-corrected chi connectivity index (χ1v) is 8.46. The van der Waals surface area contributed by atoms with E-state index in [4.69, 9.17) is 9.47 Å². The number of nitrogens with one attached hydrogen (secondary N) is 2. The molecule has 144 valence electrons. The average Bonchev–Trinajstić information content (AvgIpc) is 3.10. The molecule has 0 spiro atoms. The van der Waals surface area contributed by atoms with Crippen LogP contribution in [0.3, 0.4) is 0 Å². The van der Waals surface area contributed by atoms with Crippen molar-refractivity contribution in [3.8, 4) is 5.75 Å². The summed E-state index contributed by atoms with van der Waals surface area (Å²) in [5.41, 5.74) is 0.618. The molecule has 5 nitrogen and oxygen atoms in total. The largest absolute Gasteiger partial charge is 0.488 e. The van der Waals surface area contributed by atoms with Crippen molar-refractivity contribution in [1.29, 1.82) is 0 Å². The molecule has 1 unspecified atom stereocenters. The number of halogens is 3. The Kier molecular flexibility index (Phi) is 5.85. The van der Waals surface area contributed by atoms with E-state index < -0.39 is 18.6 Å². The third-order valence-corrected chi connectivity index (χ3v) is 3.96. The number of rotatable bonds is 5. The maximum Gasteiger partial charge on any atom is 0.393 e. The second-order valence-corrected chi connectivity index (χ2v) is 6.16. The maximum atomic E-state index is 12.6. The van der Waals surface area contributed by atoms with Gasteiger partial charge < -0.3 is 20.1 Å². The SMILES string of the molecule is O=C(Nc1ccc(OC2CCOC2)cc1)Nc1ccccc1CC(F)(F)F. The first-order valence-electron chi connectivity index (χ1n) is 8.46. The zero-order valence-electron chi connectivity index (χ0n) is 14.4. The zero-order chi connectivity index (χ0) is 19.3. The van der Waals surface area contributed by atoms with Crippen molar-refractivity contribution in [2.45, 2.75) is 25.1 Å². The molecule has 0 bridgehead atoms. The van der Waals surface area contributed by atoms with Gasteiger partial charge in [0.1, 0.15) is 11.9 Å². The minimum atomic E-state index is -4.35. The number of anilines is 2. The summed E-state index contributed by atoms with van der Waals surface area (Å²) in [5.74, 6) is 0.659. The van der Waals surface area contributed by atoms with Crippen LogP contribution in [0.15, 0.2) is 48.5 Å². The van der Waals surface area contributed by atoms with E-state index in [1.54, 1.807) is 30.3 Å².